The van der Waals surface area contributed by atoms with E-state index in [1.807, 2.05) is 0 Å². The lowest BCUT2D eigenvalue weighted by Gasteiger charge is -2.44. The Hall–Kier alpha value is -5.50. The third-order valence-electron chi connectivity index (χ3n) is 11.5. The van der Waals surface area contributed by atoms with Crippen LogP contribution in [0.1, 0.15) is 27.7 Å². The lowest BCUT2D eigenvalue weighted by Crippen LogP contribution is -2.74. The minimum atomic E-state index is -2.11. The number of nitrogens with zero attached hydrogens (tertiary/aromatic N) is 1. The summed E-state index contributed by atoms with van der Waals surface area (Å²) >= 11 is 0. The average Bonchev–Trinajstić information content (AvgIpc) is 3.44. The lowest BCUT2D eigenvalue weighted by molar-refractivity contribution is 0.268. The molecule has 0 amide bonds. The Labute approximate surface area is 316 Å². The van der Waals surface area contributed by atoms with E-state index in [0.29, 0.717) is 0 Å². The first kappa shape index (κ1) is 35.9. The van der Waals surface area contributed by atoms with Gasteiger partial charge in [0.05, 0.1) is 11.0 Å². The van der Waals surface area contributed by atoms with Gasteiger partial charge in [0.15, 0.2) is 12.7 Å². The zero-order chi connectivity index (χ0) is 36.8. The Kier molecular flexibility index (Phi) is 10.3. The minimum Gasteiger partial charge on any atom is -0.300 e. The highest BCUT2D eigenvalue weighted by atomic mass is 31.2. The van der Waals surface area contributed by atoms with Gasteiger partial charge in [-0.2, -0.15) is 21.9 Å². The quantitative estimate of drug-likeness (QED) is 0.127. The SMILES string of the molecule is CC1(C)NN=C([P+](c2ccccc2)(c2ccccc2)c2ccccc2)C1(C)C.c1ccc([B-](c2ccccc2)(c2ccccc2)c2ccccc2)cc1. The molecule has 0 saturated carbocycles. The number of rotatable bonds is 8. The smallest absolute Gasteiger partial charge is 0.200 e. The largest absolute Gasteiger partial charge is 0.300 e. The molecule has 0 saturated heterocycles. The zero-order valence-corrected chi connectivity index (χ0v) is 32.1. The van der Waals surface area contributed by atoms with Gasteiger partial charge in [-0.15, -0.1) is 5.10 Å². The molecule has 7 aromatic rings. The monoisotopic (exact) mass is 706 g/mol. The second-order valence-corrected chi connectivity index (χ2v) is 18.3. The van der Waals surface area contributed by atoms with Crippen molar-refractivity contribution in [3.05, 3.63) is 212 Å². The molecule has 1 heterocycles. The molecule has 0 aliphatic carbocycles. The number of nitrogens with one attached hydrogen (secondary N) is 1. The Morgan fingerprint density at radius 2 is 0.623 bits per heavy atom. The summed E-state index contributed by atoms with van der Waals surface area (Å²) in [7, 11) is -2.11. The first-order valence-electron chi connectivity index (χ1n) is 18.6. The van der Waals surface area contributed by atoms with Gasteiger partial charge in [-0.05, 0) is 64.1 Å². The van der Waals surface area contributed by atoms with Gasteiger partial charge in [0.1, 0.15) is 22.1 Å². The highest BCUT2D eigenvalue weighted by Crippen LogP contribution is 2.63. The van der Waals surface area contributed by atoms with Crippen LogP contribution in [0.3, 0.4) is 0 Å². The maximum Gasteiger partial charge on any atom is 0.200 e. The standard InChI is InChI=1S/C25H28N2P.C24H20B/c1-24(2)23(26-27-25(24,3)4)28(20-14-8-5-9-15-20,21-16-10-6-11-17-21)22-18-12-7-13-19-22;1-5-13-21(14-6-1)25(22-15-7-2-8-16-22,23-17-9-3-10-18-23)24-19-11-4-12-20-24/h5-19,27H,1-4H3;1-20H/q+1;-1. The molecule has 4 heteroatoms. The summed E-state index contributed by atoms with van der Waals surface area (Å²) in [6.45, 7) is 9.16. The second-order valence-electron chi connectivity index (χ2n) is 15.0. The van der Waals surface area contributed by atoms with Gasteiger partial charge in [0.25, 0.3) is 0 Å². The third-order valence-corrected chi connectivity index (χ3v) is 16.0. The summed E-state index contributed by atoms with van der Waals surface area (Å²) in [5, 5.41) is 9.10. The number of hydrazone groups is 1. The van der Waals surface area contributed by atoms with Crippen LogP contribution in [0, 0.1) is 5.41 Å². The molecule has 262 valence electrons. The van der Waals surface area contributed by atoms with E-state index in [1.54, 1.807) is 0 Å². The van der Waals surface area contributed by atoms with Crippen molar-refractivity contribution in [3.63, 3.8) is 0 Å². The summed E-state index contributed by atoms with van der Waals surface area (Å²) in [5.74, 6) is 0. The Bertz CT molecular complexity index is 1970. The van der Waals surface area contributed by atoms with Crippen molar-refractivity contribution in [2.45, 2.75) is 33.2 Å². The molecular weight excluding hydrogens is 658 g/mol. The Morgan fingerprint density at radius 3 is 0.849 bits per heavy atom. The van der Waals surface area contributed by atoms with Gasteiger partial charge in [-0.25, -0.2) is 0 Å². The predicted molar refractivity (Wildman–Crippen MR) is 234 cm³/mol. The first-order valence-corrected chi connectivity index (χ1v) is 20.4. The maximum absolute atomic E-state index is 5.06. The van der Waals surface area contributed by atoms with Crippen LogP contribution < -0.4 is 43.2 Å². The molecule has 0 aromatic heterocycles. The van der Waals surface area contributed by atoms with E-state index in [2.05, 4.69) is 245 Å². The van der Waals surface area contributed by atoms with E-state index < -0.39 is 13.4 Å². The molecular formula is C49H48BN2P. The van der Waals surface area contributed by atoms with Gasteiger partial charge in [0, 0.05) is 0 Å². The van der Waals surface area contributed by atoms with Crippen molar-refractivity contribution in [2.75, 3.05) is 0 Å². The van der Waals surface area contributed by atoms with Gasteiger partial charge in [0.2, 0.25) is 0 Å². The molecule has 53 heavy (non-hydrogen) atoms. The normalized spacial score (nSPS) is 14.6. The number of hydrogen-bond donors (Lipinski definition) is 1. The highest BCUT2D eigenvalue weighted by Gasteiger charge is 2.62. The molecule has 0 bridgehead atoms. The molecule has 0 radical (unpaired) electrons. The van der Waals surface area contributed by atoms with E-state index >= 15 is 0 Å². The number of hydrogen-bond acceptors (Lipinski definition) is 2. The van der Waals surface area contributed by atoms with E-state index in [9.17, 15) is 0 Å². The molecule has 8 rings (SSSR count). The third kappa shape index (κ3) is 6.45. The molecule has 0 spiro atoms. The van der Waals surface area contributed by atoms with Crippen molar-refractivity contribution in [1.29, 1.82) is 0 Å². The summed E-state index contributed by atoms with van der Waals surface area (Å²) in [6.07, 6.45) is -1.22. The molecule has 0 fully saturated rings. The fraction of sp³-hybridized carbons (Fsp3) is 0.122. The molecule has 2 nitrogen and oxygen atoms in total. The maximum atomic E-state index is 5.06. The van der Waals surface area contributed by atoms with E-state index in [0.717, 1.165) is 0 Å². The van der Waals surface area contributed by atoms with Crippen LogP contribution in [0.25, 0.3) is 0 Å². The van der Waals surface area contributed by atoms with Crippen LogP contribution in [0.15, 0.2) is 217 Å². The molecule has 1 aliphatic rings. The lowest BCUT2D eigenvalue weighted by atomic mass is 9.13. The first-order chi connectivity index (χ1) is 25.8. The Morgan fingerprint density at radius 1 is 0.377 bits per heavy atom. The van der Waals surface area contributed by atoms with E-state index in [1.165, 1.54) is 43.2 Å². The molecule has 7 aromatic carbocycles. The second kappa shape index (κ2) is 15.2. The fourth-order valence-electron chi connectivity index (χ4n) is 8.14. The summed E-state index contributed by atoms with van der Waals surface area (Å²) in [4.78, 5) is 0. The van der Waals surface area contributed by atoms with Crippen LogP contribution in [-0.2, 0) is 0 Å². The average molecular weight is 707 g/mol. The van der Waals surface area contributed by atoms with Crippen molar-refractivity contribution < 1.29 is 0 Å². The van der Waals surface area contributed by atoms with Gasteiger partial charge in [-0.1, -0.05) is 176 Å². The van der Waals surface area contributed by atoms with Gasteiger partial charge >= 0.3 is 0 Å². The zero-order valence-electron chi connectivity index (χ0n) is 31.2. The molecule has 1 aliphatic heterocycles. The Balaban J connectivity index is 0.000000165. The van der Waals surface area contributed by atoms with Crippen molar-refractivity contribution in [3.8, 4) is 0 Å². The van der Waals surface area contributed by atoms with Crippen molar-refractivity contribution in [2.24, 2.45) is 10.5 Å². The van der Waals surface area contributed by atoms with Crippen LogP contribution in [0.4, 0.5) is 0 Å². The topological polar surface area (TPSA) is 24.4 Å². The van der Waals surface area contributed by atoms with Gasteiger partial charge < -0.3 is 0 Å². The summed E-state index contributed by atoms with van der Waals surface area (Å²) < 4.78 is 0. The molecule has 0 atom stereocenters. The van der Waals surface area contributed by atoms with Crippen LogP contribution in [-0.4, -0.2) is 17.1 Å². The van der Waals surface area contributed by atoms with E-state index in [4.69, 9.17) is 5.10 Å². The van der Waals surface area contributed by atoms with Crippen LogP contribution in [0.2, 0.25) is 0 Å². The van der Waals surface area contributed by atoms with Crippen molar-refractivity contribution in [1.82, 2.24) is 5.43 Å². The summed E-state index contributed by atoms with van der Waals surface area (Å²) in [6, 6.07) is 76.4. The molecule has 0 unspecified atom stereocenters. The summed E-state index contributed by atoms with van der Waals surface area (Å²) in [5.41, 5.74) is 9.85. The van der Waals surface area contributed by atoms with Crippen LogP contribution >= 0.6 is 7.26 Å². The van der Waals surface area contributed by atoms with Crippen molar-refractivity contribution >= 4 is 56.6 Å². The predicted octanol–water partition coefficient (Wildman–Crippen LogP) is 7.77. The molecule has 1 N–H and O–H groups in total. The highest BCUT2D eigenvalue weighted by molar-refractivity contribution is 8.08. The van der Waals surface area contributed by atoms with Gasteiger partial charge in [-0.3, -0.25) is 5.43 Å². The number of benzene rings is 7. The minimum absolute atomic E-state index is 0.109. The fourth-order valence-corrected chi connectivity index (χ4v) is 12.9. The van der Waals surface area contributed by atoms with E-state index in [-0.39, 0.29) is 11.0 Å². The van der Waals surface area contributed by atoms with Crippen LogP contribution in [0.5, 0.6) is 0 Å².